The van der Waals surface area contributed by atoms with E-state index < -0.39 is 0 Å². The Morgan fingerprint density at radius 3 is 2.50 bits per heavy atom. The number of halogens is 1. The summed E-state index contributed by atoms with van der Waals surface area (Å²) in [5.74, 6) is 0. The van der Waals surface area contributed by atoms with Crippen LogP contribution in [-0.2, 0) is 0 Å². The van der Waals surface area contributed by atoms with Crippen LogP contribution >= 0.6 is 23.8 Å². The highest BCUT2D eigenvalue weighted by molar-refractivity contribution is 7.80. The molecule has 0 fully saturated rings. The lowest BCUT2D eigenvalue weighted by Gasteiger charge is -2.17. The first kappa shape index (κ1) is 14.8. The third kappa shape index (κ3) is 3.95. The van der Waals surface area contributed by atoms with Crippen LogP contribution in [0.15, 0.2) is 48.5 Å². The van der Waals surface area contributed by atoms with Crippen molar-refractivity contribution >= 4 is 34.6 Å². The van der Waals surface area contributed by atoms with E-state index in [1.54, 1.807) is 0 Å². The van der Waals surface area contributed by atoms with Gasteiger partial charge in [0.25, 0.3) is 0 Å². The fraction of sp³-hybridized carbons (Fsp3) is 0.188. The molecule has 0 aliphatic carbocycles. The molecule has 2 rings (SSSR count). The first-order valence-corrected chi connectivity index (χ1v) is 7.23. The minimum absolute atomic E-state index is 0.150. The van der Waals surface area contributed by atoms with Crippen molar-refractivity contribution in [3.05, 3.63) is 64.7 Å². The zero-order valence-corrected chi connectivity index (χ0v) is 13.1. The van der Waals surface area contributed by atoms with Crippen LogP contribution in [-0.4, -0.2) is 5.11 Å². The van der Waals surface area contributed by atoms with E-state index in [0.717, 1.165) is 16.3 Å². The number of nitrogens with one attached hydrogen (secondary N) is 2. The van der Waals surface area contributed by atoms with Crippen LogP contribution in [0.4, 0.5) is 5.69 Å². The minimum Gasteiger partial charge on any atom is -0.356 e. The highest BCUT2D eigenvalue weighted by Crippen LogP contribution is 2.20. The van der Waals surface area contributed by atoms with Crippen molar-refractivity contribution in [1.82, 2.24) is 5.32 Å². The summed E-state index contributed by atoms with van der Waals surface area (Å²) < 4.78 is 0. The molecule has 4 heteroatoms. The number of rotatable bonds is 3. The molecular weight excluding hydrogens is 288 g/mol. The van der Waals surface area contributed by atoms with Gasteiger partial charge in [0, 0.05) is 10.7 Å². The number of anilines is 1. The number of hydrogen-bond donors (Lipinski definition) is 2. The second-order valence-corrected chi connectivity index (χ2v) is 5.51. The smallest absolute Gasteiger partial charge is 0.171 e. The van der Waals surface area contributed by atoms with Crippen molar-refractivity contribution in [2.45, 2.75) is 19.9 Å². The molecule has 2 N–H and O–H groups in total. The molecule has 2 nitrogen and oxygen atoms in total. The van der Waals surface area contributed by atoms with Crippen molar-refractivity contribution in [3.8, 4) is 0 Å². The average Bonchev–Trinajstić information content (AvgIpc) is 2.44. The van der Waals surface area contributed by atoms with E-state index in [2.05, 4.69) is 29.7 Å². The largest absolute Gasteiger partial charge is 0.356 e. The summed E-state index contributed by atoms with van der Waals surface area (Å²) in [5, 5.41) is 7.72. The van der Waals surface area contributed by atoms with Crippen molar-refractivity contribution in [3.63, 3.8) is 0 Å². The number of thiocarbonyl (C=S) groups is 1. The Kier molecular flexibility index (Phi) is 4.99. The summed E-state index contributed by atoms with van der Waals surface area (Å²) in [6, 6.07) is 16.1. The molecule has 0 unspecified atom stereocenters. The molecule has 104 valence electrons. The summed E-state index contributed by atoms with van der Waals surface area (Å²) in [6.07, 6.45) is 0. The molecular formula is C16H17ClN2S. The van der Waals surface area contributed by atoms with E-state index in [1.165, 1.54) is 5.56 Å². The van der Waals surface area contributed by atoms with E-state index in [-0.39, 0.29) is 6.04 Å². The molecule has 0 aromatic heterocycles. The predicted octanol–water partition coefficient (Wildman–Crippen LogP) is 4.70. The van der Waals surface area contributed by atoms with Gasteiger partial charge in [-0.05, 0) is 49.3 Å². The molecule has 1 atom stereocenters. The normalized spacial score (nSPS) is 11.8. The summed E-state index contributed by atoms with van der Waals surface area (Å²) in [7, 11) is 0. The highest BCUT2D eigenvalue weighted by atomic mass is 35.5. The van der Waals surface area contributed by atoms with Gasteiger partial charge in [-0.25, -0.2) is 0 Å². The Morgan fingerprint density at radius 2 is 1.85 bits per heavy atom. The first-order chi connectivity index (χ1) is 9.56. The second kappa shape index (κ2) is 6.73. The van der Waals surface area contributed by atoms with Gasteiger partial charge in [-0.2, -0.15) is 0 Å². The van der Waals surface area contributed by atoms with Crippen molar-refractivity contribution < 1.29 is 0 Å². The summed E-state index contributed by atoms with van der Waals surface area (Å²) in [6.45, 7) is 4.05. The maximum atomic E-state index is 6.10. The van der Waals surface area contributed by atoms with Crippen LogP contribution in [0.25, 0.3) is 0 Å². The number of benzene rings is 2. The topological polar surface area (TPSA) is 24.1 Å². The van der Waals surface area contributed by atoms with Crippen LogP contribution in [0, 0.1) is 6.92 Å². The van der Waals surface area contributed by atoms with E-state index in [1.807, 2.05) is 43.3 Å². The highest BCUT2D eigenvalue weighted by Gasteiger charge is 2.07. The molecule has 0 bridgehead atoms. The Bertz CT molecular complexity index is 599. The predicted molar refractivity (Wildman–Crippen MR) is 90.4 cm³/mol. The fourth-order valence-corrected chi connectivity index (χ4v) is 2.33. The van der Waals surface area contributed by atoms with Crippen LogP contribution in [0.1, 0.15) is 24.1 Å². The van der Waals surface area contributed by atoms with E-state index in [4.69, 9.17) is 23.8 Å². The summed E-state index contributed by atoms with van der Waals surface area (Å²) >= 11 is 11.4. The van der Waals surface area contributed by atoms with Gasteiger partial charge in [0.05, 0.1) is 6.04 Å². The van der Waals surface area contributed by atoms with Crippen LogP contribution in [0.5, 0.6) is 0 Å². The maximum absolute atomic E-state index is 6.10. The Balaban J connectivity index is 1.97. The molecule has 0 aliphatic rings. The van der Waals surface area contributed by atoms with E-state index in [9.17, 15) is 0 Å². The summed E-state index contributed by atoms with van der Waals surface area (Å²) in [4.78, 5) is 0. The molecule has 0 aliphatic heterocycles. The van der Waals surface area contributed by atoms with Crippen LogP contribution in [0.3, 0.4) is 0 Å². The number of aryl methyl sites for hydroxylation is 1. The van der Waals surface area contributed by atoms with Gasteiger partial charge in [0.2, 0.25) is 0 Å². The molecule has 0 amide bonds. The van der Waals surface area contributed by atoms with Gasteiger partial charge < -0.3 is 10.6 Å². The lowest BCUT2D eigenvalue weighted by molar-refractivity contribution is 0.722. The third-order valence-corrected chi connectivity index (χ3v) is 3.70. The van der Waals surface area contributed by atoms with E-state index >= 15 is 0 Å². The molecule has 2 aromatic rings. The van der Waals surface area contributed by atoms with Gasteiger partial charge in [-0.3, -0.25) is 0 Å². The van der Waals surface area contributed by atoms with Crippen molar-refractivity contribution in [1.29, 1.82) is 0 Å². The maximum Gasteiger partial charge on any atom is 0.171 e. The third-order valence-electron chi connectivity index (χ3n) is 3.08. The van der Waals surface area contributed by atoms with Crippen LogP contribution in [0.2, 0.25) is 5.02 Å². The van der Waals surface area contributed by atoms with Crippen molar-refractivity contribution in [2.75, 3.05) is 5.32 Å². The van der Waals surface area contributed by atoms with E-state index in [0.29, 0.717) is 5.11 Å². The van der Waals surface area contributed by atoms with Gasteiger partial charge >= 0.3 is 0 Å². The monoisotopic (exact) mass is 304 g/mol. The lowest BCUT2D eigenvalue weighted by atomic mass is 10.1. The van der Waals surface area contributed by atoms with Gasteiger partial charge in [-0.1, -0.05) is 48.0 Å². The molecule has 20 heavy (non-hydrogen) atoms. The minimum atomic E-state index is 0.150. The SMILES string of the molecule is Cc1ccc(NC(=S)N[C@H](C)c2ccccc2)cc1Cl. The van der Waals surface area contributed by atoms with Gasteiger partial charge in [0.15, 0.2) is 5.11 Å². The number of hydrogen-bond acceptors (Lipinski definition) is 1. The fourth-order valence-electron chi connectivity index (χ4n) is 1.86. The molecule has 0 heterocycles. The molecule has 0 spiro atoms. The summed E-state index contributed by atoms with van der Waals surface area (Å²) in [5.41, 5.74) is 3.13. The average molecular weight is 305 g/mol. The molecule has 0 saturated heterocycles. The first-order valence-electron chi connectivity index (χ1n) is 6.45. The van der Waals surface area contributed by atoms with Crippen molar-refractivity contribution in [2.24, 2.45) is 0 Å². The van der Waals surface area contributed by atoms with Gasteiger partial charge in [0.1, 0.15) is 0 Å². The molecule has 2 aromatic carbocycles. The Morgan fingerprint density at radius 1 is 1.15 bits per heavy atom. The molecule has 0 radical (unpaired) electrons. The van der Waals surface area contributed by atoms with Crippen LogP contribution < -0.4 is 10.6 Å². The lowest BCUT2D eigenvalue weighted by Crippen LogP contribution is -2.30. The Hall–Kier alpha value is -1.58. The zero-order chi connectivity index (χ0) is 14.5. The Labute approximate surface area is 130 Å². The molecule has 0 saturated carbocycles. The second-order valence-electron chi connectivity index (χ2n) is 4.69. The van der Waals surface area contributed by atoms with Gasteiger partial charge in [-0.15, -0.1) is 0 Å². The quantitative estimate of drug-likeness (QED) is 0.804. The standard InChI is InChI=1S/C16H17ClN2S/c1-11-8-9-14(10-15(11)17)19-16(20)18-12(2)13-6-4-3-5-7-13/h3-10,12H,1-2H3,(H2,18,19,20)/t12-/m1/s1. The zero-order valence-electron chi connectivity index (χ0n) is 11.5.